The molecule has 3 heterocycles. The average molecular weight is 695 g/mol. The van der Waals surface area contributed by atoms with Crippen LogP contribution in [0.15, 0.2) is 170 Å². The minimum Gasteiger partial charge on any atom is -0.309 e. The van der Waals surface area contributed by atoms with Gasteiger partial charge in [-0.2, -0.15) is 0 Å². The van der Waals surface area contributed by atoms with Crippen LogP contribution in [-0.4, -0.2) is 9.55 Å². The Bertz CT molecular complexity index is 3090. The maximum atomic E-state index is 5.44. The second-order valence-corrected chi connectivity index (χ2v) is 15.9. The fourth-order valence-electron chi connectivity index (χ4n) is 8.76. The maximum Gasteiger partial charge on any atom is 0.0730 e. The summed E-state index contributed by atoms with van der Waals surface area (Å²) >= 11 is 1.85. The molecule has 53 heavy (non-hydrogen) atoms. The SMILES string of the molecule is CC1(C)c2ccccc2-c2cc3c(cc21)c1ccccc1n3-c1cc(-c2cccc(-c3ccccc3)c2)nc(-c2ccc3c(c2)sc2ccccc23)c1. The molecule has 0 saturated carbocycles. The number of fused-ring (bicyclic) bond motifs is 9. The van der Waals surface area contributed by atoms with Crippen molar-refractivity contribution in [3.05, 3.63) is 181 Å². The van der Waals surface area contributed by atoms with E-state index in [0.29, 0.717) is 0 Å². The minimum absolute atomic E-state index is 0.0741. The largest absolute Gasteiger partial charge is 0.309 e. The van der Waals surface area contributed by atoms with Crippen LogP contribution in [-0.2, 0) is 5.41 Å². The molecule has 3 heteroatoms. The summed E-state index contributed by atoms with van der Waals surface area (Å²) in [5, 5.41) is 5.13. The molecule has 0 fully saturated rings. The highest BCUT2D eigenvalue weighted by Gasteiger charge is 2.36. The zero-order chi connectivity index (χ0) is 35.3. The lowest BCUT2D eigenvalue weighted by Crippen LogP contribution is -2.14. The van der Waals surface area contributed by atoms with E-state index >= 15 is 0 Å². The molecule has 3 aromatic heterocycles. The predicted octanol–water partition coefficient (Wildman–Crippen LogP) is 13.9. The molecule has 0 radical (unpaired) electrons. The number of hydrogen-bond acceptors (Lipinski definition) is 2. The van der Waals surface area contributed by atoms with Crippen molar-refractivity contribution in [2.24, 2.45) is 0 Å². The van der Waals surface area contributed by atoms with Gasteiger partial charge in [-0.25, -0.2) is 4.98 Å². The predicted molar refractivity (Wildman–Crippen MR) is 225 cm³/mol. The maximum absolute atomic E-state index is 5.44. The van der Waals surface area contributed by atoms with Crippen LogP contribution in [0.1, 0.15) is 25.0 Å². The van der Waals surface area contributed by atoms with Crippen molar-refractivity contribution in [3.63, 3.8) is 0 Å². The topological polar surface area (TPSA) is 17.8 Å². The van der Waals surface area contributed by atoms with Crippen LogP contribution in [0.4, 0.5) is 0 Å². The monoisotopic (exact) mass is 694 g/mol. The Hall–Kier alpha value is -6.29. The van der Waals surface area contributed by atoms with Gasteiger partial charge in [0.1, 0.15) is 0 Å². The van der Waals surface area contributed by atoms with Gasteiger partial charge < -0.3 is 4.57 Å². The molecule has 1 aliphatic carbocycles. The van der Waals surface area contributed by atoms with Crippen LogP contribution >= 0.6 is 11.3 Å². The molecular formula is C50H34N2S. The molecule has 0 atom stereocenters. The van der Waals surface area contributed by atoms with Gasteiger partial charge in [-0.15, -0.1) is 11.3 Å². The first-order chi connectivity index (χ1) is 26.0. The summed E-state index contributed by atoms with van der Waals surface area (Å²) < 4.78 is 5.05. The molecule has 0 N–H and O–H groups in total. The number of nitrogens with zero attached hydrogens (tertiary/aromatic N) is 2. The lowest BCUT2D eigenvalue weighted by molar-refractivity contribution is 0.661. The Kier molecular flexibility index (Phi) is 6.50. The van der Waals surface area contributed by atoms with Crippen LogP contribution in [0, 0.1) is 0 Å². The third kappa shape index (κ3) is 4.61. The summed E-state index contributed by atoms with van der Waals surface area (Å²) in [4.78, 5) is 5.44. The zero-order valence-electron chi connectivity index (χ0n) is 29.5. The van der Waals surface area contributed by atoms with Crippen LogP contribution in [0.25, 0.3) is 92.4 Å². The van der Waals surface area contributed by atoms with Gasteiger partial charge in [0.25, 0.3) is 0 Å². The van der Waals surface area contributed by atoms with E-state index < -0.39 is 0 Å². The van der Waals surface area contributed by atoms with Crippen molar-refractivity contribution in [1.29, 1.82) is 0 Å². The summed E-state index contributed by atoms with van der Waals surface area (Å²) in [5.41, 5.74) is 15.3. The molecule has 0 unspecified atom stereocenters. The Labute approximate surface area is 312 Å². The summed E-state index contributed by atoms with van der Waals surface area (Å²) in [6.07, 6.45) is 0. The first-order valence-electron chi connectivity index (χ1n) is 18.3. The van der Waals surface area contributed by atoms with E-state index in [4.69, 9.17) is 4.98 Å². The van der Waals surface area contributed by atoms with E-state index in [2.05, 4.69) is 188 Å². The summed E-state index contributed by atoms with van der Waals surface area (Å²) in [6.45, 7) is 4.72. The molecule has 0 amide bonds. The Balaban J connectivity index is 1.18. The van der Waals surface area contributed by atoms with Gasteiger partial charge in [-0.1, -0.05) is 135 Å². The normalized spacial score (nSPS) is 13.2. The molecule has 11 rings (SSSR count). The van der Waals surface area contributed by atoms with Gasteiger partial charge in [-0.05, 0) is 81.9 Å². The third-order valence-electron chi connectivity index (χ3n) is 11.4. The van der Waals surface area contributed by atoms with Gasteiger partial charge in [0.05, 0.1) is 28.1 Å². The van der Waals surface area contributed by atoms with E-state index in [9.17, 15) is 0 Å². The highest BCUT2D eigenvalue weighted by atomic mass is 32.1. The quantitative estimate of drug-likeness (QED) is 0.179. The molecule has 0 bridgehead atoms. The first-order valence-corrected chi connectivity index (χ1v) is 19.1. The smallest absolute Gasteiger partial charge is 0.0730 e. The number of rotatable bonds is 4. The molecule has 1 aliphatic rings. The van der Waals surface area contributed by atoms with Crippen LogP contribution < -0.4 is 0 Å². The van der Waals surface area contributed by atoms with Crippen molar-refractivity contribution in [2.75, 3.05) is 0 Å². The molecule has 250 valence electrons. The lowest BCUT2D eigenvalue weighted by Gasteiger charge is -2.21. The number of thiophene rings is 1. The molecular weight excluding hydrogens is 661 g/mol. The fraction of sp³-hybridized carbons (Fsp3) is 0.0600. The van der Waals surface area contributed by atoms with Crippen LogP contribution in [0.3, 0.4) is 0 Å². The zero-order valence-corrected chi connectivity index (χ0v) is 30.3. The number of hydrogen-bond donors (Lipinski definition) is 0. The summed E-state index contributed by atoms with van der Waals surface area (Å²) in [5.74, 6) is 0. The second kappa shape index (κ2) is 11.4. The lowest BCUT2D eigenvalue weighted by atomic mass is 9.82. The second-order valence-electron chi connectivity index (χ2n) is 14.8. The Morgan fingerprint density at radius 3 is 1.98 bits per heavy atom. The van der Waals surface area contributed by atoms with Crippen molar-refractivity contribution >= 4 is 53.3 Å². The van der Waals surface area contributed by atoms with Gasteiger partial charge >= 0.3 is 0 Å². The van der Waals surface area contributed by atoms with E-state index in [0.717, 1.165) is 28.2 Å². The van der Waals surface area contributed by atoms with E-state index in [1.807, 2.05) is 11.3 Å². The highest BCUT2D eigenvalue weighted by molar-refractivity contribution is 7.25. The molecule has 7 aromatic carbocycles. The highest BCUT2D eigenvalue weighted by Crippen LogP contribution is 2.51. The van der Waals surface area contributed by atoms with Crippen molar-refractivity contribution in [1.82, 2.24) is 9.55 Å². The number of para-hydroxylation sites is 1. The van der Waals surface area contributed by atoms with Gasteiger partial charge in [0.2, 0.25) is 0 Å². The van der Waals surface area contributed by atoms with Gasteiger partial charge in [0, 0.05) is 47.5 Å². The van der Waals surface area contributed by atoms with E-state index in [1.54, 1.807) is 0 Å². The standard InChI is InChI=1S/C50H34N2S/c1-50(2)42-20-9-6-17-36(42)40-30-47-41(29-43(40)50)37-18-7-10-21-46(37)52(47)35-27-44(33-16-12-15-32(25-33)31-13-4-3-5-14-31)51-45(28-35)34-23-24-39-38-19-8-11-22-48(38)53-49(39)26-34/h3-30H,1-2H3. The number of aromatic nitrogens is 2. The van der Waals surface area contributed by atoms with Crippen molar-refractivity contribution < 1.29 is 0 Å². The summed E-state index contributed by atoms with van der Waals surface area (Å²) in [7, 11) is 0. The fourth-order valence-corrected chi connectivity index (χ4v) is 9.90. The number of benzene rings is 7. The van der Waals surface area contributed by atoms with Gasteiger partial charge in [-0.3, -0.25) is 0 Å². The van der Waals surface area contributed by atoms with Crippen molar-refractivity contribution in [2.45, 2.75) is 19.3 Å². The third-order valence-corrected chi connectivity index (χ3v) is 12.5. The number of pyridine rings is 1. The van der Waals surface area contributed by atoms with Crippen molar-refractivity contribution in [3.8, 4) is 50.5 Å². The molecule has 0 saturated heterocycles. The summed E-state index contributed by atoms with van der Waals surface area (Å²) in [6, 6.07) is 62.2. The molecule has 2 nitrogen and oxygen atoms in total. The average Bonchev–Trinajstić information content (AvgIpc) is 3.82. The molecule has 0 aliphatic heterocycles. The van der Waals surface area contributed by atoms with E-state index in [1.165, 1.54) is 75.4 Å². The minimum atomic E-state index is -0.0741. The first kappa shape index (κ1) is 30.3. The van der Waals surface area contributed by atoms with Crippen LogP contribution in [0.2, 0.25) is 0 Å². The van der Waals surface area contributed by atoms with E-state index in [-0.39, 0.29) is 5.41 Å². The van der Waals surface area contributed by atoms with Crippen LogP contribution in [0.5, 0.6) is 0 Å². The Morgan fingerprint density at radius 2 is 1.11 bits per heavy atom. The molecule has 10 aromatic rings. The molecule has 0 spiro atoms. The van der Waals surface area contributed by atoms with Gasteiger partial charge in [0.15, 0.2) is 0 Å². The Morgan fingerprint density at radius 1 is 0.434 bits per heavy atom.